The van der Waals surface area contributed by atoms with E-state index in [1.54, 1.807) is 11.3 Å². The summed E-state index contributed by atoms with van der Waals surface area (Å²) in [6, 6.07) is 0. The summed E-state index contributed by atoms with van der Waals surface area (Å²) in [6.07, 6.45) is 6.08. The number of thiazole rings is 1. The van der Waals surface area contributed by atoms with Crippen molar-refractivity contribution in [3.8, 4) is 0 Å². The first kappa shape index (κ1) is 13.0. The van der Waals surface area contributed by atoms with E-state index in [2.05, 4.69) is 26.2 Å². The molecule has 1 aliphatic carbocycles. The van der Waals surface area contributed by atoms with Gasteiger partial charge >= 0.3 is 0 Å². The van der Waals surface area contributed by atoms with Crippen LogP contribution in [-0.4, -0.2) is 4.98 Å². The van der Waals surface area contributed by atoms with Gasteiger partial charge in [0.2, 0.25) is 0 Å². The van der Waals surface area contributed by atoms with E-state index in [-0.39, 0.29) is 5.54 Å². The van der Waals surface area contributed by atoms with Crippen molar-refractivity contribution in [2.75, 3.05) is 0 Å². The summed E-state index contributed by atoms with van der Waals surface area (Å²) in [7, 11) is 0. The fourth-order valence-electron chi connectivity index (χ4n) is 2.75. The molecule has 0 spiro atoms. The summed E-state index contributed by atoms with van der Waals surface area (Å²) in [5.41, 5.74) is 7.67. The van der Waals surface area contributed by atoms with E-state index in [1.165, 1.54) is 30.0 Å². The molecule has 0 saturated heterocycles. The maximum absolute atomic E-state index is 6.61. The van der Waals surface area contributed by atoms with Crippen LogP contribution in [0, 0.1) is 5.92 Å². The van der Waals surface area contributed by atoms with Gasteiger partial charge in [0.25, 0.3) is 0 Å². The zero-order valence-corrected chi connectivity index (χ0v) is 12.0. The lowest BCUT2D eigenvalue weighted by Crippen LogP contribution is -2.41. The van der Waals surface area contributed by atoms with Gasteiger partial charge < -0.3 is 5.73 Å². The number of hydrogen-bond acceptors (Lipinski definition) is 3. The second kappa shape index (κ2) is 5.07. The minimum Gasteiger partial charge on any atom is -0.319 e. The third-order valence-corrected chi connectivity index (χ3v) is 5.09. The molecule has 3 heteroatoms. The molecule has 2 unspecified atom stereocenters. The predicted molar refractivity (Wildman–Crippen MR) is 74.3 cm³/mol. The van der Waals surface area contributed by atoms with Crippen LogP contribution in [0.1, 0.15) is 69.5 Å². The lowest BCUT2D eigenvalue weighted by molar-refractivity contribution is 0.220. The first-order valence-corrected chi connectivity index (χ1v) is 7.68. The summed E-state index contributed by atoms with van der Waals surface area (Å²) in [4.78, 5) is 4.77. The molecule has 96 valence electrons. The molecule has 0 bridgehead atoms. The molecule has 0 aliphatic heterocycles. The molecule has 2 atom stereocenters. The van der Waals surface area contributed by atoms with Crippen molar-refractivity contribution >= 4 is 11.3 Å². The van der Waals surface area contributed by atoms with Crippen LogP contribution in [-0.2, 0) is 5.54 Å². The molecule has 0 radical (unpaired) electrons. The third-order valence-electron chi connectivity index (χ3n) is 4.00. The molecule has 0 aromatic carbocycles. The largest absolute Gasteiger partial charge is 0.319 e. The number of hydrogen-bond donors (Lipinski definition) is 1. The maximum atomic E-state index is 6.61. The molecule has 2 nitrogen and oxygen atoms in total. The van der Waals surface area contributed by atoms with Gasteiger partial charge in [0.05, 0.1) is 11.2 Å². The second-order valence-corrected chi connectivity index (χ2v) is 6.62. The fraction of sp³-hybridized carbons (Fsp3) is 0.786. The van der Waals surface area contributed by atoms with Crippen LogP contribution in [0.15, 0.2) is 5.38 Å². The van der Waals surface area contributed by atoms with Gasteiger partial charge in [-0.2, -0.15) is 0 Å². The fourth-order valence-corrected chi connectivity index (χ4v) is 3.88. The molecular formula is C14H24N2S. The van der Waals surface area contributed by atoms with Crippen LogP contribution in [0.4, 0.5) is 0 Å². The van der Waals surface area contributed by atoms with Gasteiger partial charge in [-0.3, -0.25) is 0 Å². The van der Waals surface area contributed by atoms with Gasteiger partial charge in [-0.15, -0.1) is 11.3 Å². The highest BCUT2D eigenvalue weighted by Crippen LogP contribution is 2.40. The van der Waals surface area contributed by atoms with Crippen LogP contribution in [0.25, 0.3) is 0 Å². The minimum atomic E-state index is -0.142. The van der Waals surface area contributed by atoms with Crippen LogP contribution >= 0.6 is 11.3 Å². The molecule has 2 N–H and O–H groups in total. The van der Waals surface area contributed by atoms with Crippen molar-refractivity contribution in [1.82, 2.24) is 4.98 Å². The number of aromatic nitrogens is 1. The van der Waals surface area contributed by atoms with E-state index in [1.807, 2.05) is 0 Å². The Bertz CT molecular complexity index is 372. The smallest absolute Gasteiger partial charge is 0.113 e. The minimum absolute atomic E-state index is 0.142. The van der Waals surface area contributed by atoms with E-state index < -0.39 is 0 Å². The highest BCUT2D eigenvalue weighted by Gasteiger charge is 2.36. The van der Waals surface area contributed by atoms with Crippen molar-refractivity contribution in [3.63, 3.8) is 0 Å². The Labute approximate surface area is 109 Å². The van der Waals surface area contributed by atoms with Crippen molar-refractivity contribution in [2.24, 2.45) is 11.7 Å². The van der Waals surface area contributed by atoms with Crippen LogP contribution in [0.2, 0.25) is 0 Å². The molecule has 1 aromatic heterocycles. The van der Waals surface area contributed by atoms with E-state index in [4.69, 9.17) is 10.7 Å². The number of nitrogens with two attached hydrogens (primary N) is 1. The summed E-state index contributed by atoms with van der Waals surface area (Å²) in [5, 5.41) is 3.35. The highest BCUT2D eigenvalue weighted by molar-refractivity contribution is 7.09. The van der Waals surface area contributed by atoms with Crippen LogP contribution < -0.4 is 5.73 Å². The van der Waals surface area contributed by atoms with Gasteiger partial charge in [-0.1, -0.05) is 40.0 Å². The zero-order chi connectivity index (χ0) is 12.5. The van der Waals surface area contributed by atoms with Gasteiger partial charge in [0.1, 0.15) is 5.01 Å². The predicted octanol–water partition coefficient (Wildman–Crippen LogP) is 4.02. The van der Waals surface area contributed by atoms with Gasteiger partial charge in [0, 0.05) is 5.38 Å². The third kappa shape index (κ3) is 2.71. The summed E-state index contributed by atoms with van der Waals surface area (Å²) in [5.74, 6) is 1.30. The Kier molecular flexibility index (Phi) is 3.88. The number of rotatable bonds is 3. The first-order chi connectivity index (χ1) is 8.05. The average Bonchev–Trinajstić information content (AvgIpc) is 2.79. The Morgan fingerprint density at radius 2 is 2.35 bits per heavy atom. The van der Waals surface area contributed by atoms with Gasteiger partial charge in [0.15, 0.2) is 0 Å². The molecule has 0 amide bonds. The van der Waals surface area contributed by atoms with Crippen LogP contribution in [0.5, 0.6) is 0 Å². The first-order valence-electron chi connectivity index (χ1n) is 6.80. The Hall–Kier alpha value is -0.410. The molecule has 1 aliphatic rings. The van der Waals surface area contributed by atoms with Crippen LogP contribution in [0.3, 0.4) is 0 Å². The quantitative estimate of drug-likeness (QED) is 0.882. The van der Waals surface area contributed by atoms with E-state index in [9.17, 15) is 0 Å². The topological polar surface area (TPSA) is 38.9 Å². The second-order valence-electron chi connectivity index (χ2n) is 5.76. The zero-order valence-electron chi connectivity index (χ0n) is 11.2. The molecule has 2 rings (SSSR count). The molecule has 1 fully saturated rings. The Balaban J connectivity index is 2.18. The normalized spacial score (nSPS) is 29.8. The molecule has 1 aromatic rings. The standard InChI is InChI=1S/C14H24N2S/c1-4-11-6-5-7-14(15,8-11)13-16-12(9-17-13)10(2)3/h9-11H,4-8,15H2,1-3H3. The molecule has 1 saturated carbocycles. The molecule has 17 heavy (non-hydrogen) atoms. The SMILES string of the molecule is CCC1CCCC(N)(c2nc(C(C)C)cs2)C1. The van der Waals surface area contributed by atoms with Crippen molar-refractivity contribution in [3.05, 3.63) is 16.1 Å². The summed E-state index contributed by atoms with van der Waals surface area (Å²) in [6.45, 7) is 6.66. The maximum Gasteiger partial charge on any atom is 0.113 e. The highest BCUT2D eigenvalue weighted by atomic mass is 32.1. The van der Waals surface area contributed by atoms with Gasteiger partial charge in [-0.05, 0) is 24.7 Å². The lowest BCUT2D eigenvalue weighted by Gasteiger charge is -2.36. The van der Waals surface area contributed by atoms with E-state index >= 15 is 0 Å². The average molecular weight is 252 g/mol. The Morgan fingerprint density at radius 3 is 2.94 bits per heavy atom. The van der Waals surface area contributed by atoms with E-state index in [0.29, 0.717) is 5.92 Å². The van der Waals surface area contributed by atoms with Gasteiger partial charge in [-0.25, -0.2) is 4.98 Å². The lowest BCUT2D eigenvalue weighted by atomic mass is 9.75. The monoisotopic (exact) mass is 252 g/mol. The summed E-state index contributed by atoms with van der Waals surface area (Å²) < 4.78 is 0. The Morgan fingerprint density at radius 1 is 1.59 bits per heavy atom. The summed E-state index contributed by atoms with van der Waals surface area (Å²) >= 11 is 1.76. The number of nitrogens with zero attached hydrogens (tertiary/aromatic N) is 1. The molecule has 1 heterocycles. The van der Waals surface area contributed by atoms with E-state index in [0.717, 1.165) is 18.8 Å². The van der Waals surface area contributed by atoms with Crippen molar-refractivity contribution in [1.29, 1.82) is 0 Å². The molecular weight excluding hydrogens is 228 g/mol. The van der Waals surface area contributed by atoms with Crippen molar-refractivity contribution < 1.29 is 0 Å². The van der Waals surface area contributed by atoms with Crippen molar-refractivity contribution in [2.45, 2.75) is 64.3 Å².